The molecule has 2 fully saturated rings. The van der Waals surface area contributed by atoms with Crippen LogP contribution in [0.25, 0.3) is 0 Å². The van der Waals surface area contributed by atoms with E-state index in [0.717, 1.165) is 31.4 Å². The third-order valence-corrected chi connectivity index (χ3v) is 4.00. The fourth-order valence-electron chi connectivity index (χ4n) is 2.73. The van der Waals surface area contributed by atoms with Crippen molar-refractivity contribution >= 4 is 11.9 Å². The Morgan fingerprint density at radius 1 is 1.32 bits per heavy atom. The van der Waals surface area contributed by atoms with Gasteiger partial charge in [-0.2, -0.15) is 5.10 Å². The maximum Gasteiger partial charge on any atom is 0.308 e. The second kappa shape index (κ2) is 4.68. The summed E-state index contributed by atoms with van der Waals surface area (Å²) in [4.78, 5) is 23.1. The topological polar surface area (TPSA) is 95.1 Å². The normalized spacial score (nSPS) is 26.3. The summed E-state index contributed by atoms with van der Waals surface area (Å²) in [6.07, 6.45) is 4.49. The first-order chi connectivity index (χ1) is 9.15. The van der Waals surface area contributed by atoms with Gasteiger partial charge in [0.25, 0.3) is 5.91 Å². The fourth-order valence-corrected chi connectivity index (χ4v) is 2.73. The van der Waals surface area contributed by atoms with Gasteiger partial charge in [0.2, 0.25) is 0 Å². The number of aliphatic carboxylic acids is 1. The lowest BCUT2D eigenvalue weighted by atomic mass is 10.0. The second-order valence-electron chi connectivity index (χ2n) is 5.44. The van der Waals surface area contributed by atoms with Crippen LogP contribution >= 0.6 is 0 Å². The minimum atomic E-state index is -0.830. The molecule has 6 heteroatoms. The van der Waals surface area contributed by atoms with Crippen molar-refractivity contribution in [1.29, 1.82) is 0 Å². The van der Waals surface area contributed by atoms with E-state index in [2.05, 4.69) is 15.5 Å². The Balaban J connectivity index is 1.64. The van der Waals surface area contributed by atoms with Crippen LogP contribution in [-0.2, 0) is 4.79 Å². The Hall–Kier alpha value is -1.85. The number of hydrogen-bond acceptors (Lipinski definition) is 3. The molecule has 102 valence electrons. The summed E-state index contributed by atoms with van der Waals surface area (Å²) in [5.74, 6) is -1.05. The zero-order valence-electron chi connectivity index (χ0n) is 10.6. The zero-order valence-corrected chi connectivity index (χ0v) is 10.6. The highest BCUT2D eigenvalue weighted by Gasteiger charge is 2.34. The van der Waals surface area contributed by atoms with E-state index in [-0.39, 0.29) is 11.9 Å². The lowest BCUT2D eigenvalue weighted by molar-refractivity contribution is -0.142. The number of aromatic nitrogens is 2. The van der Waals surface area contributed by atoms with Gasteiger partial charge in [0, 0.05) is 17.7 Å². The summed E-state index contributed by atoms with van der Waals surface area (Å²) in [5, 5.41) is 18.8. The van der Waals surface area contributed by atoms with Crippen molar-refractivity contribution < 1.29 is 14.7 Å². The van der Waals surface area contributed by atoms with Crippen LogP contribution in [0.2, 0.25) is 0 Å². The van der Waals surface area contributed by atoms with Crippen molar-refractivity contribution in [2.45, 2.75) is 44.1 Å². The summed E-state index contributed by atoms with van der Waals surface area (Å²) in [6.45, 7) is 0. The van der Waals surface area contributed by atoms with Gasteiger partial charge in [0.1, 0.15) is 5.69 Å². The van der Waals surface area contributed by atoms with Crippen LogP contribution < -0.4 is 5.32 Å². The number of amides is 1. The lowest BCUT2D eigenvalue weighted by Crippen LogP contribution is -2.40. The number of H-pyrrole nitrogens is 1. The van der Waals surface area contributed by atoms with Gasteiger partial charge in [-0.1, -0.05) is 6.42 Å². The molecule has 1 heterocycles. The summed E-state index contributed by atoms with van der Waals surface area (Å²) in [5.41, 5.74) is 1.37. The van der Waals surface area contributed by atoms with E-state index in [1.54, 1.807) is 6.07 Å². The Kier molecular flexibility index (Phi) is 3.00. The van der Waals surface area contributed by atoms with Gasteiger partial charge in [-0.25, -0.2) is 0 Å². The van der Waals surface area contributed by atoms with Crippen LogP contribution in [0, 0.1) is 5.92 Å². The molecule has 19 heavy (non-hydrogen) atoms. The Morgan fingerprint density at radius 3 is 2.79 bits per heavy atom. The highest BCUT2D eigenvalue weighted by atomic mass is 16.4. The van der Waals surface area contributed by atoms with Crippen molar-refractivity contribution in [2.24, 2.45) is 5.92 Å². The summed E-state index contributed by atoms with van der Waals surface area (Å²) < 4.78 is 0. The Morgan fingerprint density at radius 2 is 2.11 bits per heavy atom. The molecular weight excluding hydrogens is 246 g/mol. The highest BCUT2D eigenvalue weighted by Crippen LogP contribution is 2.39. The van der Waals surface area contributed by atoms with Crippen LogP contribution in [0.15, 0.2) is 6.07 Å². The Bertz CT molecular complexity index is 507. The van der Waals surface area contributed by atoms with E-state index >= 15 is 0 Å². The fraction of sp³-hybridized carbons (Fsp3) is 0.615. The molecule has 0 saturated heterocycles. The number of carboxylic acid groups (broad SMARTS) is 1. The van der Waals surface area contributed by atoms with E-state index in [1.165, 1.54) is 0 Å². The van der Waals surface area contributed by atoms with Crippen molar-refractivity contribution in [3.63, 3.8) is 0 Å². The van der Waals surface area contributed by atoms with Gasteiger partial charge in [-0.05, 0) is 31.7 Å². The molecule has 1 aromatic heterocycles. The molecule has 1 aromatic rings. The SMILES string of the molecule is O=C(N[C@H]1CCC[C@H]1C(=O)O)c1cc(C2CC2)[nH]n1. The number of aromatic amines is 1. The molecule has 3 N–H and O–H groups in total. The molecular formula is C13H17N3O3. The van der Waals surface area contributed by atoms with Gasteiger partial charge < -0.3 is 10.4 Å². The van der Waals surface area contributed by atoms with Crippen molar-refractivity contribution in [1.82, 2.24) is 15.5 Å². The number of carboxylic acids is 1. The molecule has 0 spiro atoms. The molecule has 2 saturated carbocycles. The van der Waals surface area contributed by atoms with Crippen LogP contribution in [0.5, 0.6) is 0 Å². The van der Waals surface area contributed by atoms with E-state index in [0.29, 0.717) is 18.0 Å². The standard InChI is InChI=1S/C13H17N3O3/c17-12(11-6-10(15-16-11)7-4-5-7)14-9-3-1-2-8(9)13(18)19/h6-9H,1-5H2,(H,14,17)(H,15,16)(H,18,19)/t8-,9+/m1/s1. The molecule has 2 aliphatic rings. The largest absolute Gasteiger partial charge is 0.481 e. The molecule has 0 aliphatic heterocycles. The lowest BCUT2D eigenvalue weighted by Gasteiger charge is -2.16. The quantitative estimate of drug-likeness (QED) is 0.762. The molecule has 0 unspecified atom stereocenters. The van der Waals surface area contributed by atoms with Gasteiger partial charge in [0.15, 0.2) is 0 Å². The van der Waals surface area contributed by atoms with Gasteiger partial charge in [-0.3, -0.25) is 14.7 Å². The molecule has 3 rings (SSSR count). The van der Waals surface area contributed by atoms with E-state index in [4.69, 9.17) is 5.11 Å². The van der Waals surface area contributed by atoms with Gasteiger partial charge in [0.05, 0.1) is 5.92 Å². The Labute approximate surface area is 110 Å². The molecule has 0 aromatic carbocycles. The molecule has 0 radical (unpaired) electrons. The average Bonchev–Trinajstić information content (AvgIpc) is 2.92. The first-order valence-electron chi connectivity index (χ1n) is 6.74. The monoisotopic (exact) mass is 263 g/mol. The minimum Gasteiger partial charge on any atom is -0.481 e. The zero-order chi connectivity index (χ0) is 13.4. The smallest absolute Gasteiger partial charge is 0.308 e. The number of carbonyl (C=O) groups is 2. The van der Waals surface area contributed by atoms with Crippen molar-refractivity contribution in [2.75, 3.05) is 0 Å². The van der Waals surface area contributed by atoms with Gasteiger partial charge >= 0.3 is 5.97 Å². The van der Waals surface area contributed by atoms with Crippen LogP contribution in [0.1, 0.15) is 54.2 Å². The van der Waals surface area contributed by atoms with Gasteiger partial charge in [-0.15, -0.1) is 0 Å². The molecule has 2 aliphatic carbocycles. The first-order valence-corrected chi connectivity index (χ1v) is 6.74. The predicted octanol–water partition coefficient (Wildman–Crippen LogP) is 1.27. The summed E-state index contributed by atoms with van der Waals surface area (Å²) in [7, 11) is 0. The van der Waals surface area contributed by atoms with Crippen LogP contribution in [0.3, 0.4) is 0 Å². The second-order valence-corrected chi connectivity index (χ2v) is 5.44. The number of hydrogen-bond donors (Lipinski definition) is 3. The minimum absolute atomic E-state index is 0.272. The third-order valence-electron chi connectivity index (χ3n) is 4.00. The predicted molar refractivity (Wildman–Crippen MR) is 66.8 cm³/mol. The number of nitrogens with one attached hydrogen (secondary N) is 2. The first kappa shape index (κ1) is 12.2. The number of carbonyl (C=O) groups excluding carboxylic acids is 1. The molecule has 2 atom stereocenters. The van der Waals surface area contributed by atoms with E-state index in [9.17, 15) is 9.59 Å². The van der Waals surface area contributed by atoms with E-state index in [1.807, 2.05) is 0 Å². The van der Waals surface area contributed by atoms with Crippen LogP contribution in [0.4, 0.5) is 0 Å². The van der Waals surface area contributed by atoms with Crippen LogP contribution in [-0.4, -0.2) is 33.2 Å². The molecule has 6 nitrogen and oxygen atoms in total. The molecule has 0 bridgehead atoms. The van der Waals surface area contributed by atoms with Crippen molar-refractivity contribution in [3.8, 4) is 0 Å². The highest BCUT2D eigenvalue weighted by molar-refractivity contribution is 5.93. The maximum absolute atomic E-state index is 12.0. The van der Waals surface area contributed by atoms with E-state index < -0.39 is 11.9 Å². The summed E-state index contributed by atoms with van der Waals surface area (Å²) >= 11 is 0. The summed E-state index contributed by atoms with van der Waals surface area (Å²) in [6, 6.07) is 1.50. The number of rotatable bonds is 4. The number of nitrogens with zero attached hydrogens (tertiary/aromatic N) is 1. The molecule has 1 amide bonds. The maximum atomic E-state index is 12.0. The third kappa shape index (κ3) is 2.47. The van der Waals surface area contributed by atoms with Crippen molar-refractivity contribution in [3.05, 3.63) is 17.5 Å². The average molecular weight is 263 g/mol.